The maximum absolute atomic E-state index is 11.9. The Bertz CT molecular complexity index is 1060. The highest BCUT2D eigenvalue weighted by molar-refractivity contribution is 5.95. The van der Waals surface area contributed by atoms with E-state index in [1.165, 1.54) is 39.5 Å². The molecule has 0 heterocycles. The van der Waals surface area contributed by atoms with Crippen LogP contribution in [-0.4, -0.2) is 98.2 Å². The Hall–Kier alpha value is -3.98. The van der Waals surface area contributed by atoms with Gasteiger partial charge in [0.05, 0.1) is 36.9 Å². The number of carbonyl (C=O) groups excluding carboxylic acids is 2. The highest BCUT2D eigenvalue weighted by Gasteiger charge is 2.22. The van der Waals surface area contributed by atoms with Crippen molar-refractivity contribution >= 4 is 23.3 Å². The number of benzene rings is 2. The van der Waals surface area contributed by atoms with Gasteiger partial charge in [0.15, 0.2) is 0 Å². The van der Waals surface area contributed by atoms with Crippen molar-refractivity contribution in [3.8, 4) is 11.5 Å². The van der Waals surface area contributed by atoms with E-state index in [0.29, 0.717) is 43.6 Å². The zero-order chi connectivity index (χ0) is 29.8. The monoisotopic (exact) mass is 568 g/mol. The predicted molar refractivity (Wildman–Crippen MR) is 143 cm³/mol. The number of nitrogens with two attached hydrogens (primary N) is 1. The van der Waals surface area contributed by atoms with Crippen LogP contribution in [-0.2, 0) is 28.4 Å². The van der Waals surface area contributed by atoms with Crippen LogP contribution < -0.4 is 15.2 Å². The second-order valence-electron chi connectivity index (χ2n) is 7.63. The summed E-state index contributed by atoms with van der Waals surface area (Å²) in [6, 6.07) is 8.75. The molecule has 14 nitrogen and oxygen atoms in total. The Balaban J connectivity index is 0.000000402. The average molecular weight is 569 g/mol. The molecule has 0 saturated heterocycles. The molecule has 0 fully saturated rings. The maximum Gasteiger partial charge on any atom is 0.345 e. The number of methoxy groups -OCH3 is 4. The van der Waals surface area contributed by atoms with E-state index in [4.69, 9.17) is 43.6 Å². The molecule has 0 aromatic heterocycles. The fourth-order valence-electron chi connectivity index (χ4n) is 2.81. The smallest absolute Gasteiger partial charge is 0.345 e. The predicted octanol–water partition coefficient (Wildman–Crippen LogP) is 2.52. The lowest BCUT2D eigenvalue weighted by Gasteiger charge is -2.10. The summed E-state index contributed by atoms with van der Waals surface area (Å²) < 4.78 is 39.9. The highest BCUT2D eigenvalue weighted by Crippen LogP contribution is 2.25. The van der Waals surface area contributed by atoms with Crippen molar-refractivity contribution in [2.45, 2.75) is 0 Å². The standard InChI is InChI=1S/C13H17NO7.C13H19NO5/c1-18-5-7-20-10-3-4-12(14(16)17)11(9-10)13(15)21-8-6-19-2;1-16-5-7-18-10-3-4-12(14)11(9-10)13(15)19-8-6-17-2/h3-4,9H,5-8H2,1-2H3;3-4,9H,5-8,14H2,1-2H3. The molecule has 0 aliphatic carbocycles. The van der Waals surface area contributed by atoms with Crippen LogP contribution in [0.5, 0.6) is 11.5 Å². The Labute approximate surface area is 232 Å². The molecule has 2 N–H and O–H groups in total. The first-order chi connectivity index (χ1) is 19.3. The zero-order valence-electron chi connectivity index (χ0n) is 23.0. The lowest BCUT2D eigenvalue weighted by Crippen LogP contribution is -2.12. The van der Waals surface area contributed by atoms with Gasteiger partial charge in [0, 0.05) is 46.3 Å². The summed E-state index contributed by atoms with van der Waals surface area (Å²) in [4.78, 5) is 33.9. The summed E-state index contributed by atoms with van der Waals surface area (Å²) in [7, 11) is 6.11. The van der Waals surface area contributed by atoms with Crippen LogP contribution in [0.25, 0.3) is 0 Å². The summed E-state index contributed by atoms with van der Waals surface area (Å²) >= 11 is 0. The van der Waals surface area contributed by atoms with Gasteiger partial charge >= 0.3 is 11.9 Å². The number of nitro groups is 1. The Kier molecular flexibility index (Phi) is 17.0. The van der Waals surface area contributed by atoms with E-state index < -0.39 is 16.9 Å². The van der Waals surface area contributed by atoms with Crippen molar-refractivity contribution < 1.29 is 52.4 Å². The second kappa shape index (κ2) is 20.0. The first kappa shape index (κ1) is 34.0. The van der Waals surface area contributed by atoms with Gasteiger partial charge in [-0.2, -0.15) is 0 Å². The molecular formula is C26H36N2O12. The number of nitrogen functional groups attached to an aromatic ring is 1. The molecule has 0 radical (unpaired) electrons. The van der Waals surface area contributed by atoms with Gasteiger partial charge in [-0.1, -0.05) is 0 Å². The van der Waals surface area contributed by atoms with Crippen LogP contribution >= 0.6 is 0 Å². The Morgan fingerprint density at radius 1 is 0.675 bits per heavy atom. The van der Waals surface area contributed by atoms with Crippen molar-refractivity contribution in [2.75, 3.05) is 87.0 Å². The number of esters is 2. The van der Waals surface area contributed by atoms with Crippen LogP contribution in [0.1, 0.15) is 20.7 Å². The van der Waals surface area contributed by atoms with Gasteiger partial charge in [0.25, 0.3) is 5.69 Å². The minimum atomic E-state index is -0.795. The summed E-state index contributed by atoms with van der Waals surface area (Å²) in [5, 5.41) is 10.9. The largest absolute Gasteiger partial charge is 0.491 e. The third-order valence-corrected chi connectivity index (χ3v) is 4.78. The summed E-state index contributed by atoms with van der Waals surface area (Å²) in [5.74, 6) is -0.413. The molecule has 0 aliphatic rings. The highest BCUT2D eigenvalue weighted by atomic mass is 16.6. The molecule has 0 unspecified atom stereocenters. The molecule has 0 atom stereocenters. The molecular weight excluding hydrogens is 532 g/mol. The first-order valence-corrected chi connectivity index (χ1v) is 12.0. The number of ether oxygens (including phenoxy) is 8. The SMILES string of the molecule is COCCOC(=O)c1cc(OCCOC)ccc1N.COCCOC(=O)c1cc(OCCOC)ccc1[N+](=O)[O-]. The summed E-state index contributed by atoms with van der Waals surface area (Å²) in [6.45, 7) is 2.26. The fourth-order valence-corrected chi connectivity index (χ4v) is 2.81. The van der Waals surface area contributed by atoms with Gasteiger partial charge in [-0.05, 0) is 24.3 Å². The topological polar surface area (TPSA) is 177 Å². The van der Waals surface area contributed by atoms with Crippen molar-refractivity contribution in [2.24, 2.45) is 0 Å². The molecule has 2 aromatic carbocycles. The summed E-state index contributed by atoms with van der Waals surface area (Å²) in [5.41, 5.74) is 5.87. The van der Waals surface area contributed by atoms with E-state index in [0.717, 1.165) is 0 Å². The third kappa shape index (κ3) is 12.7. The van der Waals surface area contributed by atoms with Crippen molar-refractivity contribution in [1.82, 2.24) is 0 Å². The molecule has 2 rings (SSSR count). The number of nitro benzene ring substituents is 1. The van der Waals surface area contributed by atoms with E-state index in [-0.39, 0.29) is 43.2 Å². The molecule has 2 aromatic rings. The number of carbonyl (C=O) groups is 2. The fraction of sp³-hybridized carbons (Fsp3) is 0.462. The lowest BCUT2D eigenvalue weighted by molar-refractivity contribution is -0.385. The molecule has 14 heteroatoms. The van der Waals surface area contributed by atoms with Gasteiger partial charge in [-0.15, -0.1) is 0 Å². The number of rotatable bonds is 17. The average Bonchev–Trinajstić information content (AvgIpc) is 2.94. The minimum absolute atomic E-state index is 0.0151. The van der Waals surface area contributed by atoms with Crippen molar-refractivity contribution in [1.29, 1.82) is 0 Å². The van der Waals surface area contributed by atoms with E-state index in [1.807, 2.05) is 0 Å². The van der Waals surface area contributed by atoms with Gasteiger partial charge in [0.2, 0.25) is 0 Å². The third-order valence-electron chi connectivity index (χ3n) is 4.78. The van der Waals surface area contributed by atoms with Crippen LogP contribution in [0.15, 0.2) is 36.4 Å². The number of anilines is 1. The quantitative estimate of drug-likeness (QED) is 0.0969. The van der Waals surface area contributed by atoms with Gasteiger partial charge in [0.1, 0.15) is 43.5 Å². The number of hydrogen-bond acceptors (Lipinski definition) is 13. The van der Waals surface area contributed by atoms with E-state index in [2.05, 4.69) is 0 Å². The Morgan fingerprint density at radius 3 is 1.57 bits per heavy atom. The molecule has 0 bridgehead atoms. The number of nitrogens with zero attached hydrogens (tertiary/aromatic N) is 1. The molecule has 0 amide bonds. The zero-order valence-corrected chi connectivity index (χ0v) is 23.0. The summed E-state index contributed by atoms with van der Waals surface area (Å²) in [6.07, 6.45) is 0. The minimum Gasteiger partial charge on any atom is -0.491 e. The van der Waals surface area contributed by atoms with Crippen LogP contribution in [0, 0.1) is 10.1 Å². The van der Waals surface area contributed by atoms with Gasteiger partial charge < -0.3 is 43.6 Å². The number of hydrogen-bond donors (Lipinski definition) is 1. The lowest BCUT2D eigenvalue weighted by atomic mass is 10.1. The van der Waals surface area contributed by atoms with E-state index in [9.17, 15) is 19.7 Å². The first-order valence-electron chi connectivity index (χ1n) is 12.0. The van der Waals surface area contributed by atoms with Crippen LogP contribution in [0.4, 0.5) is 11.4 Å². The maximum atomic E-state index is 11.9. The van der Waals surface area contributed by atoms with Crippen molar-refractivity contribution in [3.05, 3.63) is 57.6 Å². The van der Waals surface area contributed by atoms with Crippen LogP contribution in [0.3, 0.4) is 0 Å². The van der Waals surface area contributed by atoms with Crippen molar-refractivity contribution in [3.63, 3.8) is 0 Å². The molecule has 0 aliphatic heterocycles. The molecule has 0 spiro atoms. The molecule has 222 valence electrons. The second-order valence-corrected chi connectivity index (χ2v) is 7.63. The van der Waals surface area contributed by atoms with E-state index in [1.54, 1.807) is 25.3 Å². The molecule has 0 saturated carbocycles. The van der Waals surface area contributed by atoms with Gasteiger partial charge in [-0.25, -0.2) is 9.59 Å². The van der Waals surface area contributed by atoms with Gasteiger partial charge in [-0.3, -0.25) is 10.1 Å². The van der Waals surface area contributed by atoms with Crippen LogP contribution in [0.2, 0.25) is 0 Å². The Morgan fingerprint density at radius 2 is 1.10 bits per heavy atom. The van der Waals surface area contributed by atoms with E-state index >= 15 is 0 Å². The molecule has 40 heavy (non-hydrogen) atoms. The normalized spacial score (nSPS) is 10.2.